The third kappa shape index (κ3) is 5.10. The van der Waals surface area contributed by atoms with Gasteiger partial charge in [-0.25, -0.2) is 18.2 Å². The number of piperazine rings is 1. The first-order chi connectivity index (χ1) is 21.8. The predicted molar refractivity (Wildman–Crippen MR) is 167 cm³/mol. The van der Waals surface area contributed by atoms with E-state index in [1.165, 1.54) is 18.2 Å². The lowest BCUT2D eigenvalue weighted by molar-refractivity contribution is 0.107. The molecular formula is C34H35F3N6O2. The number of ether oxygens (including phenoxy) is 1. The highest BCUT2D eigenvalue weighted by Crippen LogP contribution is 2.42. The summed E-state index contributed by atoms with van der Waals surface area (Å²) in [6.45, 7) is 7.53. The number of hydrogen-bond acceptors (Lipinski definition) is 8. The minimum Gasteiger partial charge on any atom is -0.508 e. The zero-order chi connectivity index (χ0) is 31.3. The van der Waals surface area contributed by atoms with E-state index in [4.69, 9.17) is 14.7 Å². The Bertz CT molecular complexity index is 1870. The van der Waals surface area contributed by atoms with Crippen molar-refractivity contribution >= 4 is 27.5 Å². The number of alkyl halides is 1. The minimum atomic E-state index is -0.918. The topological polar surface area (TPSA) is 86.6 Å². The molecule has 4 aromatic rings. The van der Waals surface area contributed by atoms with Crippen LogP contribution >= 0.6 is 0 Å². The van der Waals surface area contributed by atoms with E-state index in [1.54, 1.807) is 13.0 Å². The van der Waals surface area contributed by atoms with Crippen LogP contribution in [0.1, 0.15) is 44.4 Å². The quantitative estimate of drug-likeness (QED) is 0.289. The molecule has 2 N–H and O–H groups in total. The van der Waals surface area contributed by atoms with Crippen LogP contribution in [0.25, 0.3) is 32.9 Å². The van der Waals surface area contributed by atoms with Gasteiger partial charge >= 0.3 is 6.01 Å². The molecule has 0 radical (unpaired) electrons. The average Bonchev–Trinajstić information content (AvgIpc) is 3.57. The fraction of sp³-hybridized carbons (Fsp3) is 0.441. The third-order valence-electron chi connectivity index (χ3n) is 9.40. The number of phenolic OH excluding ortho intramolecular Hbond substituents is 1. The highest BCUT2D eigenvalue weighted by Gasteiger charge is 2.49. The molecule has 3 aliphatic rings. The van der Waals surface area contributed by atoms with Gasteiger partial charge in [0.25, 0.3) is 0 Å². The van der Waals surface area contributed by atoms with Gasteiger partial charge in [0.05, 0.1) is 10.9 Å². The number of hydrogen-bond donors (Lipinski definition) is 2. The molecule has 0 aliphatic carbocycles. The zero-order valence-electron chi connectivity index (χ0n) is 25.4. The van der Waals surface area contributed by atoms with E-state index in [9.17, 15) is 9.50 Å². The molecule has 2 atom stereocenters. The Balaban J connectivity index is 1.45. The van der Waals surface area contributed by atoms with Gasteiger partial charge in [-0.15, -0.1) is 0 Å². The molecule has 11 heteroatoms. The second-order valence-electron chi connectivity index (χ2n) is 12.1. The molecule has 0 amide bonds. The maximum Gasteiger partial charge on any atom is 0.319 e. The molecule has 234 valence electrons. The Morgan fingerprint density at radius 1 is 1.11 bits per heavy atom. The number of fused-ring (bicyclic) bond motifs is 3. The lowest BCUT2D eigenvalue weighted by atomic mass is 9.94. The molecule has 3 saturated heterocycles. The molecule has 0 bridgehead atoms. The Morgan fingerprint density at radius 2 is 1.93 bits per heavy atom. The number of rotatable bonds is 6. The van der Waals surface area contributed by atoms with Gasteiger partial charge in [0.2, 0.25) is 0 Å². The molecule has 2 aromatic carbocycles. The van der Waals surface area contributed by atoms with Crippen molar-refractivity contribution in [3.63, 3.8) is 0 Å². The Hall–Kier alpha value is -4.14. The van der Waals surface area contributed by atoms with Crippen molar-refractivity contribution in [1.82, 2.24) is 25.2 Å². The normalized spacial score (nSPS) is 21.7. The number of nitrogens with zero attached hydrogens (tertiary/aromatic N) is 5. The van der Waals surface area contributed by atoms with Crippen molar-refractivity contribution in [3.8, 4) is 34.9 Å². The van der Waals surface area contributed by atoms with Gasteiger partial charge < -0.3 is 20.1 Å². The number of pyridine rings is 1. The number of nitrogens with one attached hydrogen (secondary N) is 1. The first-order valence-electron chi connectivity index (χ1n) is 15.6. The third-order valence-corrected chi connectivity index (χ3v) is 9.40. The molecule has 0 spiro atoms. The first kappa shape index (κ1) is 29.6. The van der Waals surface area contributed by atoms with E-state index in [2.05, 4.69) is 27.0 Å². The Labute approximate surface area is 259 Å². The zero-order valence-corrected chi connectivity index (χ0v) is 25.4. The van der Waals surface area contributed by atoms with Crippen LogP contribution in [-0.2, 0) is 6.42 Å². The second kappa shape index (κ2) is 11.7. The van der Waals surface area contributed by atoms with E-state index in [1.807, 2.05) is 11.8 Å². The molecule has 5 heterocycles. The predicted octanol–water partition coefficient (Wildman–Crippen LogP) is 5.13. The van der Waals surface area contributed by atoms with Gasteiger partial charge in [-0.1, -0.05) is 18.9 Å². The highest BCUT2D eigenvalue weighted by atomic mass is 19.1. The van der Waals surface area contributed by atoms with E-state index < -0.39 is 23.3 Å². The largest absolute Gasteiger partial charge is 0.508 e. The summed E-state index contributed by atoms with van der Waals surface area (Å²) >= 11 is 0. The molecule has 7 rings (SSSR count). The van der Waals surface area contributed by atoms with Crippen LogP contribution in [0.15, 0.2) is 24.3 Å². The van der Waals surface area contributed by atoms with Crippen molar-refractivity contribution in [2.24, 2.45) is 0 Å². The molecule has 2 aromatic heterocycles. The standard InChI is InChI=1S/C34H35F3N6O2/c1-3-6-26-28-31(29(37)30(39-26)24-16-22(44)15-20-7-8-25(36)23(4-2)27(20)24)40-33(41-32(28)42-13-10-38-11-14-42)45-19-34-9-5-12-43(34)18-21(35)17-34/h7-8,15-16,21,38,44H,4-5,9-14,17-19H2,1-2H3/t21-,34+/m1/s1. The fourth-order valence-corrected chi connectivity index (χ4v) is 7.37. The van der Waals surface area contributed by atoms with Crippen molar-refractivity contribution in [1.29, 1.82) is 0 Å². The number of aromatic nitrogens is 3. The summed E-state index contributed by atoms with van der Waals surface area (Å²) < 4.78 is 52.7. The summed E-state index contributed by atoms with van der Waals surface area (Å²) in [7, 11) is 0. The monoisotopic (exact) mass is 616 g/mol. The van der Waals surface area contributed by atoms with Crippen molar-refractivity contribution < 1.29 is 23.0 Å². The van der Waals surface area contributed by atoms with Crippen LogP contribution in [-0.4, -0.2) is 82.5 Å². The molecule has 0 saturated carbocycles. The minimum absolute atomic E-state index is 0.00733. The fourth-order valence-electron chi connectivity index (χ4n) is 7.37. The van der Waals surface area contributed by atoms with Crippen molar-refractivity contribution in [3.05, 3.63) is 47.2 Å². The van der Waals surface area contributed by atoms with Crippen molar-refractivity contribution in [2.75, 3.05) is 50.8 Å². The van der Waals surface area contributed by atoms with Gasteiger partial charge in [0.15, 0.2) is 5.82 Å². The maximum atomic E-state index is 17.0. The van der Waals surface area contributed by atoms with Gasteiger partial charge in [0, 0.05) is 44.7 Å². The Morgan fingerprint density at radius 3 is 2.71 bits per heavy atom. The van der Waals surface area contributed by atoms with Gasteiger partial charge in [-0.05, 0) is 73.2 Å². The summed E-state index contributed by atoms with van der Waals surface area (Å²) in [6, 6.07) is 5.83. The van der Waals surface area contributed by atoms with Gasteiger partial charge in [0.1, 0.15) is 47.1 Å². The highest BCUT2D eigenvalue weighted by molar-refractivity contribution is 6.03. The van der Waals surface area contributed by atoms with Crippen LogP contribution in [0.2, 0.25) is 0 Å². The second-order valence-corrected chi connectivity index (χ2v) is 12.1. The smallest absolute Gasteiger partial charge is 0.319 e. The molecular weight excluding hydrogens is 581 g/mol. The molecule has 45 heavy (non-hydrogen) atoms. The average molecular weight is 617 g/mol. The van der Waals surface area contributed by atoms with Gasteiger partial charge in [-0.3, -0.25) is 4.90 Å². The van der Waals surface area contributed by atoms with Crippen LogP contribution in [0.5, 0.6) is 11.8 Å². The van der Waals surface area contributed by atoms with Crippen molar-refractivity contribution in [2.45, 2.75) is 51.2 Å². The maximum absolute atomic E-state index is 17.0. The SMILES string of the molecule is CC#Cc1nc(-c2cc(O)cc3ccc(F)c(CC)c23)c(F)c2nc(OC[C@@]34CCCN3C[C@H](F)C4)nc(N3CCNCC3)c12. The van der Waals surface area contributed by atoms with Crippen LogP contribution in [0.4, 0.5) is 19.0 Å². The summed E-state index contributed by atoms with van der Waals surface area (Å²) in [5.74, 6) is 5.09. The number of anilines is 1. The van der Waals surface area contributed by atoms with Crippen LogP contribution in [0, 0.1) is 23.5 Å². The number of benzene rings is 2. The van der Waals surface area contributed by atoms with E-state index >= 15 is 8.78 Å². The summed E-state index contributed by atoms with van der Waals surface area (Å²) in [4.78, 5) is 18.3. The molecule has 0 unspecified atom stereocenters. The number of phenols is 1. The summed E-state index contributed by atoms with van der Waals surface area (Å²) in [6.07, 6.45) is 1.58. The number of aromatic hydroxyl groups is 1. The summed E-state index contributed by atoms with van der Waals surface area (Å²) in [5.41, 5.74) is 0.334. The van der Waals surface area contributed by atoms with E-state index in [0.717, 1.165) is 19.4 Å². The molecule has 8 nitrogen and oxygen atoms in total. The summed E-state index contributed by atoms with van der Waals surface area (Å²) in [5, 5.41) is 15.4. The van der Waals surface area contributed by atoms with Crippen LogP contribution in [0.3, 0.4) is 0 Å². The first-order valence-corrected chi connectivity index (χ1v) is 15.6. The lowest BCUT2D eigenvalue weighted by Gasteiger charge is -2.32. The molecule has 3 fully saturated rings. The number of halogens is 3. The van der Waals surface area contributed by atoms with E-state index in [-0.39, 0.29) is 40.8 Å². The Kier molecular flexibility index (Phi) is 7.66. The van der Waals surface area contributed by atoms with Gasteiger partial charge in [-0.2, -0.15) is 9.97 Å². The lowest BCUT2D eigenvalue weighted by Crippen LogP contribution is -2.44. The van der Waals surface area contributed by atoms with Crippen LogP contribution < -0.4 is 15.0 Å². The van der Waals surface area contributed by atoms with E-state index in [0.29, 0.717) is 73.1 Å². The molecule has 3 aliphatic heterocycles. The number of aryl methyl sites for hydroxylation is 1.